The van der Waals surface area contributed by atoms with E-state index in [1.807, 2.05) is 35.2 Å². The molecule has 0 radical (unpaired) electrons. The van der Waals surface area contributed by atoms with Crippen LogP contribution in [-0.2, 0) is 44.5 Å². The van der Waals surface area contributed by atoms with Crippen molar-refractivity contribution in [1.82, 2.24) is 19.8 Å². The molecule has 2 aromatic carbocycles. The molecule has 6 rings (SSSR count). The van der Waals surface area contributed by atoms with Gasteiger partial charge in [-0.15, -0.1) is 0 Å². The minimum absolute atomic E-state index is 0.0226. The first-order valence-corrected chi connectivity index (χ1v) is 17.7. The Morgan fingerprint density at radius 2 is 1.38 bits per heavy atom. The lowest BCUT2D eigenvalue weighted by molar-refractivity contribution is -0.148. The number of esters is 2. The number of aromatic nitrogens is 2. The molecule has 0 aliphatic carbocycles. The Kier molecular flexibility index (Phi) is 11.7. The van der Waals surface area contributed by atoms with E-state index in [1.54, 1.807) is 4.90 Å². The lowest BCUT2D eigenvalue weighted by Gasteiger charge is -2.28. The van der Waals surface area contributed by atoms with Gasteiger partial charge in [-0.25, -0.2) is 4.98 Å². The second-order valence-electron chi connectivity index (χ2n) is 13.5. The fourth-order valence-electron chi connectivity index (χ4n) is 7.47. The molecule has 0 spiro atoms. The van der Waals surface area contributed by atoms with Gasteiger partial charge in [0.1, 0.15) is 5.82 Å². The normalized spacial score (nSPS) is 19.1. The fraction of sp³-hybridized carbons (Fsp3) is 0.487. The number of ether oxygens (including phenoxy) is 4. The highest BCUT2D eigenvalue weighted by Gasteiger charge is 2.39. The zero-order valence-electron chi connectivity index (χ0n) is 30.1. The minimum atomic E-state index is -0.624. The molecule has 1 N–H and O–H groups in total. The fourth-order valence-corrected chi connectivity index (χ4v) is 7.47. The number of amides is 2. The molecule has 52 heavy (non-hydrogen) atoms. The zero-order chi connectivity index (χ0) is 36.8. The van der Waals surface area contributed by atoms with Crippen LogP contribution in [0.1, 0.15) is 67.1 Å². The highest BCUT2D eigenvalue weighted by molar-refractivity contribution is 6.00. The zero-order valence-corrected chi connectivity index (χ0v) is 30.1. The Bertz CT molecular complexity index is 1930. The number of rotatable bonds is 12. The molecule has 4 heterocycles. The first-order chi connectivity index (χ1) is 25.2. The van der Waals surface area contributed by atoms with Gasteiger partial charge < -0.3 is 33.7 Å². The summed E-state index contributed by atoms with van der Waals surface area (Å²) in [6.07, 6.45) is 3.85. The molecule has 13 heteroatoms. The summed E-state index contributed by atoms with van der Waals surface area (Å²) in [6.45, 7) is 1.47. The SMILES string of the molecule is COC[C@H](CC(=O)OC)C(=O)N1CCC[C@H]1C1=Nc2ccc(C#Cc3ccc4nc([C@@H]5CCCN5C(=O)[C@H](COC)CC(=O)OC)[nH]c4c3)cc2C1. The van der Waals surface area contributed by atoms with E-state index in [0.717, 1.165) is 64.8 Å². The van der Waals surface area contributed by atoms with Crippen LogP contribution in [0.3, 0.4) is 0 Å². The van der Waals surface area contributed by atoms with Gasteiger partial charge >= 0.3 is 11.9 Å². The number of imidazole rings is 1. The summed E-state index contributed by atoms with van der Waals surface area (Å²) in [4.78, 5) is 67.7. The summed E-state index contributed by atoms with van der Waals surface area (Å²) in [7, 11) is 5.67. The summed E-state index contributed by atoms with van der Waals surface area (Å²) in [5, 5.41) is 0. The van der Waals surface area contributed by atoms with Crippen LogP contribution in [0, 0.1) is 23.7 Å². The average Bonchev–Trinajstić information content (AvgIpc) is 3.97. The first kappa shape index (κ1) is 36.7. The molecule has 0 saturated carbocycles. The highest BCUT2D eigenvalue weighted by Crippen LogP contribution is 2.35. The van der Waals surface area contributed by atoms with Crippen molar-refractivity contribution in [2.45, 2.75) is 57.0 Å². The van der Waals surface area contributed by atoms with E-state index in [1.165, 1.54) is 28.4 Å². The molecular formula is C39H45N5O8. The van der Waals surface area contributed by atoms with Gasteiger partial charge in [0.25, 0.3) is 0 Å². The maximum absolute atomic E-state index is 13.5. The van der Waals surface area contributed by atoms with Crippen molar-refractivity contribution in [2.24, 2.45) is 16.8 Å². The maximum Gasteiger partial charge on any atom is 0.306 e. The predicted molar refractivity (Wildman–Crippen MR) is 192 cm³/mol. The van der Waals surface area contributed by atoms with E-state index in [2.05, 4.69) is 22.9 Å². The third-order valence-corrected chi connectivity index (χ3v) is 10.1. The molecule has 3 aliphatic rings. The number of methoxy groups -OCH3 is 4. The Balaban J connectivity index is 1.13. The van der Waals surface area contributed by atoms with Crippen LogP contribution in [-0.4, -0.2) is 110 Å². The topological polar surface area (TPSA) is 153 Å². The van der Waals surface area contributed by atoms with Crippen molar-refractivity contribution < 1.29 is 38.1 Å². The molecule has 274 valence electrons. The third kappa shape index (κ3) is 8.03. The summed E-state index contributed by atoms with van der Waals surface area (Å²) < 4.78 is 20.1. The average molecular weight is 712 g/mol. The van der Waals surface area contributed by atoms with Crippen molar-refractivity contribution in [1.29, 1.82) is 0 Å². The Labute approximate surface area is 303 Å². The second kappa shape index (κ2) is 16.5. The van der Waals surface area contributed by atoms with E-state index in [0.29, 0.717) is 25.3 Å². The van der Waals surface area contributed by atoms with Crippen LogP contribution in [0.25, 0.3) is 11.0 Å². The van der Waals surface area contributed by atoms with Gasteiger partial charge in [0, 0.05) is 50.6 Å². The van der Waals surface area contributed by atoms with Gasteiger partial charge in [-0.05, 0) is 67.6 Å². The summed E-state index contributed by atoms with van der Waals surface area (Å²) in [6, 6.07) is 11.4. The van der Waals surface area contributed by atoms with Crippen LogP contribution in [0.2, 0.25) is 0 Å². The molecule has 2 fully saturated rings. The summed E-state index contributed by atoms with van der Waals surface area (Å²) in [5.74, 6) is 4.91. The standard InChI is InChI=1S/C39H45N5O8/c1-49-22-27(20-35(45)51-3)38(47)43-15-5-7-33(43)32-19-26-17-24(11-13-29(26)40-32)9-10-25-12-14-30-31(18-25)42-37(41-30)34-8-6-16-44(34)39(48)28(23-50-2)21-36(46)52-4/h11-14,17-18,27-28,33-34H,5-8,15-16,19-23H2,1-4H3,(H,41,42)/t27-,28-,33-,34-/m0/s1. The Morgan fingerprint density at radius 1 is 0.808 bits per heavy atom. The second-order valence-corrected chi connectivity index (χ2v) is 13.5. The number of carbonyl (C=O) groups excluding carboxylic acids is 4. The Morgan fingerprint density at radius 3 is 2.00 bits per heavy atom. The lowest BCUT2D eigenvalue weighted by Crippen LogP contribution is -2.45. The van der Waals surface area contributed by atoms with Gasteiger partial charge in [0.2, 0.25) is 11.8 Å². The number of nitrogens with zero attached hydrogens (tertiary/aromatic N) is 4. The number of hydrogen-bond acceptors (Lipinski definition) is 10. The molecule has 1 aromatic heterocycles. The Hall–Kier alpha value is -5.06. The molecule has 3 aromatic rings. The van der Waals surface area contributed by atoms with E-state index in [9.17, 15) is 19.2 Å². The van der Waals surface area contributed by atoms with Gasteiger partial charge in [0.15, 0.2) is 0 Å². The van der Waals surface area contributed by atoms with Crippen molar-refractivity contribution >= 4 is 46.2 Å². The van der Waals surface area contributed by atoms with Crippen LogP contribution >= 0.6 is 0 Å². The molecule has 4 atom stereocenters. The van der Waals surface area contributed by atoms with E-state index < -0.39 is 23.8 Å². The highest BCUT2D eigenvalue weighted by atomic mass is 16.5. The number of H-pyrrole nitrogens is 1. The van der Waals surface area contributed by atoms with Crippen LogP contribution < -0.4 is 0 Å². The molecule has 3 aliphatic heterocycles. The molecule has 13 nitrogen and oxygen atoms in total. The van der Waals surface area contributed by atoms with Crippen molar-refractivity contribution in [3.8, 4) is 11.8 Å². The molecule has 2 amide bonds. The number of hydrogen-bond donors (Lipinski definition) is 1. The summed E-state index contributed by atoms with van der Waals surface area (Å²) in [5.41, 5.74) is 6.17. The van der Waals surface area contributed by atoms with E-state index >= 15 is 0 Å². The third-order valence-electron chi connectivity index (χ3n) is 10.1. The number of nitrogens with one attached hydrogen (secondary N) is 1. The number of likely N-dealkylation sites (tertiary alicyclic amines) is 2. The van der Waals surface area contributed by atoms with Crippen LogP contribution in [0.4, 0.5) is 5.69 Å². The largest absolute Gasteiger partial charge is 0.469 e. The predicted octanol–water partition coefficient (Wildman–Crippen LogP) is 3.90. The number of fused-ring (bicyclic) bond motifs is 2. The molecule has 0 unspecified atom stereocenters. The smallest absolute Gasteiger partial charge is 0.306 e. The van der Waals surface area contributed by atoms with Crippen molar-refractivity contribution in [3.63, 3.8) is 0 Å². The van der Waals surface area contributed by atoms with Gasteiger partial charge in [-0.2, -0.15) is 0 Å². The van der Waals surface area contributed by atoms with Crippen LogP contribution in [0.5, 0.6) is 0 Å². The maximum atomic E-state index is 13.5. The number of aromatic amines is 1. The monoisotopic (exact) mass is 711 g/mol. The van der Waals surface area contributed by atoms with E-state index in [-0.39, 0.29) is 50.0 Å². The quantitative estimate of drug-likeness (QED) is 0.218. The van der Waals surface area contributed by atoms with Crippen molar-refractivity contribution in [3.05, 3.63) is 58.9 Å². The number of aliphatic imine (C=N–C) groups is 1. The van der Waals surface area contributed by atoms with Gasteiger partial charge in [-0.1, -0.05) is 11.8 Å². The van der Waals surface area contributed by atoms with Crippen molar-refractivity contribution in [2.75, 3.05) is 54.7 Å². The molecule has 0 bridgehead atoms. The summed E-state index contributed by atoms with van der Waals surface area (Å²) >= 11 is 0. The lowest BCUT2D eigenvalue weighted by atomic mass is 9.99. The van der Waals surface area contributed by atoms with Gasteiger partial charge in [-0.3, -0.25) is 24.2 Å². The first-order valence-electron chi connectivity index (χ1n) is 17.7. The molecule has 2 saturated heterocycles. The molecular weight excluding hydrogens is 666 g/mol. The number of benzene rings is 2. The van der Waals surface area contributed by atoms with E-state index in [4.69, 9.17) is 28.9 Å². The van der Waals surface area contributed by atoms with Gasteiger partial charge in [0.05, 0.1) is 80.9 Å². The number of carbonyl (C=O) groups is 4. The minimum Gasteiger partial charge on any atom is -0.469 e. The van der Waals surface area contributed by atoms with Crippen LogP contribution in [0.15, 0.2) is 41.4 Å².